The second-order valence-corrected chi connectivity index (χ2v) is 6.65. The molecule has 5 nitrogen and oxygen atoms in total. The van der Waals surface area contributed by atoms with Crippen LogP contribution in [0.3, 0.4) is 0 Å². The largest absolute Gasteiger partial charge is 0.354 e. The van der Waals surface area contributed by atoms with Crippen LogP contribution in [0.4, 0.5) is 0 Å². The Hall–Kier alpha value is -1.59. The van der Waals surface area contributed by atoms with Gasteiger partial charge in [-0.25, -0.2) is 0 Å². The van der Waals surface area contributed by atoms with Crippen molar-refractivity contribution in [1.82, 2.24) is 16.0 Å². The van der Waals surface area contributed by atoms with E-state index in [1.807, 2.05) is 18.2 Å². The lowest BCUT2D eigenvalue weighted by atomic mass is 9.89. The molecular formula is C18H26ClN3O2. The molecule has 3 N–H and O–H groups in total. The zero-order valence-electron chi connectivity index (χ0n) is 13.8. The highest BCUT2D eigenvalue weighted by Gasteiger charge is 2.33. The minimum absolute atomic E-state index is 0. The fourth-order valence-electron chi connectivity index (χ4n) is 3.75. The van der Waals surface area contributed by atoms with Crippen molar-refractivity contribution in [3.8, 4) is 0 Å². The normalized spacial score (nSPS) is 24.8. The Morgan fingerprint density at radius 1 is 1.00 bits per heavy atom. The molecule has 0 radical (unpaired) electrons. The molecule has 1 aromatic carbocycles. The summed E-state index contributed by atoms with van der Waals surface area (Å²) in [6.07, 6.45) is 5.37. The van der Waals surface area contributed by atoms with Crippen LogP contribution >= 0.6 is 12.4 Å². The van der Waals surface area contributed by atoms with E-state index in [2.05, 4.69) is 16.0 Å². The van der Waals surface area contributed by atoms with Crippen molar-refractivity contribution >= 4 is 24.2 Å². The molecule has 2 unspecified atom stereocenters. The zero-order valence-corrected chi connectivity index (χ0v) is 14.6. The predicted octanol–water partition coefficient (Wildman–Crippen LogP) is 1.88. The number of hydrogen-bond donors (Lipinski definition) is 3. The van der Waals surface area contributed by atoms with Crippen LogP contribution < -0.4 is 16.0 Å². The molecule has 2 saturated heterocycles. The quantitative estimate of drug-likeness (QED) is 0.685. The highest BCUT2D eigenvalue weighted by molar-refractivity contribution is 5.94. The molecule has 2 amide bonds. The van der Waals surface area contributed by atoms with Crippen molar-refractivity contribution in [2.45, 2.75) is 44.2 Å². The Morgan fingerprint density at radius 2 is 1.62 bits per heavy atom. The van der Waals surface area contributed by atoms with Gasteiger partial charge in [0, 0.05) is 37.2 Å². The standard InChI is InChI=1S/C18H25N3O2.ClH/c22-17(12-13-10-15-6-7-16(11-13)21-15)19-8-9-20-18(23)14-4-2-1-3-5-14;/h1-5,13,15-16,21H,6-12H2,(H,19,22)(H,20,23);1H. The number of hydrogen-bond acceptors (Lipinski definition) is 3. The van der Waals surface area contributed by atoms with E-state index in [1.54, 1.807) is 12.1 Å². The maximum Gasteiger partial charge on any atom is 0.251 e. The van der Waals surface area contributed by atoms with Crippen LogP contribution in [-0.4, -0.2) is 37.0 Å². The van der Waals surface area contributed by atoms with Crippen LogP contribution in [0.25, 0.3) is 0 Å². The third-order valence-electron chi connectivity index (χ3n) is 4.81. The van der Waals surface area contributed by atoms with E-state index in [-0.39, 0.29) is 24.2 Å². The first-order valence-corrected chi connectivity index (χ1v) is 8.56. The summed E-state index contributed by atoms with van der Waals surface area (Å²) in [7, 11) is 0. The molecule has 2 heterocycles. The zero-order chi connectivity index (χ0) is 16.1. The summed E-state index contributed by atoms with van der Waals surface area (Å²) >= 11 is 0. The van der Waals surface area contributed by atoms with Gasteiger partial charge in [0.15, 0.2) is 0 Å². The van der Waals surface area contributed by atoms with Crippen molar-refractivity contribution in [3.63, 3.8) is 0 Å². The number of carbonyl (C=O) groups is 2. The number of piperidine rings is 1. The fourth-order valence-corrected chi connectivity index (χ4v) is 3.75. The summed E-state index contributed by atoms with van der Waals surface area (Å²) in [6.45, 7) is 0.937. The molecule has 0 saturated carbocycles. The van der Waals surface area contributed by atoms with Gasteiger partial charge < -0.3 is 16.0 Å². The first-order chi connectivity index (χ1) is 11.2. The lowest BCUT2D eigenvalue weighted by molar-refractivity contribution is -0.122. The number of rotatable bonds is 6. The SMILES string of the molecule is Cl.O=C(CC1CC2CCC(C1)N2)NCCNC(=O)c1ccccc1. The molecule has 2 aliphatic rings. The van der Waals surface area contributed by atoms with Crippen molar-refractivity contribution in [3.05, 3.63) is 35.9 Å². The smallest absolute Gasteiger partial charge is 0.251 e. The maximum absolute atomic E-state index is 12.0. The lowest BCUT2D eigenvalue weighted by Gasteiger charge is -2.28. The van der Waals surface area contributed by atoms with Gasteiger partial charge in [-0.1, -0.05) is 18.2 Å². The van der Waals surface area contributed by atoms with Gasteiger partial charge in [-0.2, -0.15) is 0 Å². The molecule has 0 aromatic heterocycles. The lowest BCUT2D eigenvalue weighted by Crippen LogP contribution is -2.40. The van der Waals surface area contributed by atoms with Crippen LogP contribution in [0, 0.1) is 5.92 Å². The number of amides is 2. The molecule has 6 heteroatoms. The first kappa shape index (κ1) is 18.7. The summed E-state index contributed by atoms with van der Waals surface area (Å²) in [5, 5.41) is 9.33. The molecule has 0 spiro atoms. The Labute approximate surface area is 149 Å². The highest BCUT2D eigenvalue weighted by Crippen LogP contribution is 2.32. The van der Waals surface area contributed by atoms with Gasteiger partial charge >= 0.3 is 0 Å². The van der Waals surface area contributed by atoms with Gasteiger partial charge in [0.05, 0.1) is 0 Å². The van der Waals surface area contributed by atoms with E-state index in [1.165, 1.54) is 12.8 Å². The van der Waals surface area contributed by atoms with Gasteiger partial charge in [-0.3, -0.25) is 9.59 Å². The molecule has 3 rings (SSSR count). The topological polar surface area (TPSA) is 70.2 Å². The van der Waals surface area contributed by atoms with Crippen molar-refractivity contribution < 1.29 is 9.59 Å². The summed E-state index contributed by atoms with van der Waals surface area (Å²) in [6, 6.07) is 10.3. The second-order valence-electron chi connectivity index (χ2n) is 6.65. The second kappa shape index (κ2) is 9.04. The summed E-state index contributed by atoms with van der Waals surface area (Å²) in [4.78, 5) is 23.9. The Morgan fingerprint density at radius 3 is 2.29 bits per heavy atom. The van der Waals surface area contributed by atoms with Crippen LogP contribution in [-0.2, 0) is 4.79 Å². The molecule has 2 aliphatic heterocycles. The molecule has 24 heavy (non-hydrogen) atoms. The predicted molar refractivity (Wildman–Crippen MR) is 96.3 cm³/mol. The summed E-state index contributed by atoms with van der Waals surface area (Å²) < 4.78 is 0. The number of carbonyl (C=O) groups excluding carboxylic acids is 2. The van der Waals surface area contributed by atoms with E-state index in [4.69, 9.17) is 0 Å². The molecule has 2 fully saturated rings. The average molecular weight is 352 g/mol. The third kappa shape index (κ3) is 5.21. The van der Waals surface area contributed by atoms with E-state index in [0.29, 0.717) is 43.1 Å². The van der Waals surface area contributed by atoms with E-state index < -0.39 is 0 Å². The molecular weight excluding hydrogens is 326 g/mol. The summed E-state index contributed by atoms with van der Waals surface area (Å²) in [5.41, 5.74) is 0.643. The molecule has 132 valence electrons. The Balaban J connectivity index is 0.00000208. The van der Waals surface area contributed by atoms with Gasteiger partial charge in [0.25, 0.3) is 5.91 Å². The fraction of sp³-hybridized carbons (Fsp3) is 0.556. The van der Waals surface area contributed by atoms with E-state index in [9.17, 15) is 9.59 Å². The number of benzene rings is 1. The van der Waals surface area contributed by atoms with Gasteiger partial charge in [0.1, 0.15) is 0 Å². The summed E-state index contributed by atoms with van der Waals surface area (Å²) in [5.74, 6) is 0.507. The van der Waals surface area contributed by atoms with Crippen molar-refractivity contribution in [1.29, 1.82) is 0 Å². The molecule has 2 atom stereocenters. The van der Waals surface area contributed by atoms with Crippen LogP contribution in [0.1, 0.15) is 42.5 Å². The Kier molecular flexibility index (Phi) is 7.06. The molecule has 0 aliphatic carbocycles. The van der Waals surface area contributed by atoms with E-state index in [0.717, 1.165) is 12.8 Å². The van der Waals surface area contributed by atoms with Gasteiger partial charge in [-0.05, 0) is 43.7 Å². The number of fused-ring (bicyclic) bond motifs is 2. The van der Waals surface area contributed by atoms with Crippen molar-refractivity contribution in [2.24, 2.45) is 5.92 Å². The van der Waals surface area contributed by atoms with Crippen molar-refractivity contribution in [2.75, 3.05) is 13.1 Å². The molecule has 2 bridgehead atoms. The number of halogens is 1. The van der Waals surface area contributed by atoms with Gasteiger partial charge in [0.2, 0.25) is 5.91 Å². The van der Waals surface area contributed by atoms with Crippen LogP contribution in [0.2, 0.25) is 0 Å². The average Bonchev–Trinajstić information content (AvgIpc) is 2.91. The number of nitrogens with one attached hydrogen (secondary N) is 3. The highest BCUT2D eigenvalue weighted by atomic mass is 35.5. The third-order valence-corrected chi connectivity index (χ3v) is 4.81. The minimum Gasteiger partial charge on any atom is -0.354 e. The maximum atomic E-state index is 12.0. The molecule has 1 aromatic rings. The van der Waals surface area contributed by atoms with Gasteiger partial charge in [-0.15, -0.1) is 12.4 Å². The van der Waals surface area contributed by atoms with Crippen LogP contribution in [0.15, 0.2) is 30.3 Å². The van der Waals surface area contributed by atoms with Crippen LogP contribution in [0.5, 0.6) is 0 Å². The monoisotopic (exact) mass is 351 g/mol. The van der Waals surface area contributed by atoms with E-state index >= 15 is 0 Å². The minimum atomic E-state index is -0.102. The Bertz CT molecular complexity index is 540. The first-order valence-electron chi connectivity index (χ1n) is 8.56.